The first-order chi connectivity index (χ1) is 12.6. The minimum atomic E-state index is -0.611. The molecule has 10 heteroatoms. The smallest absolute Gasteiger partial charge is 0.344 e. The van der Waals surface area contributed by atoms with Crippen molar-refractivity contribution in [3.8, 4) is 0 Å². The number of amides is 3. The lowest BCUT2D eigenvalue weighted by atomic mass is 10.2. The van der Waals surface area contributed by atoms with E-state index in [0.717, 1.165) is 24.6 Å². The van der Waals surface area contributed by atoms with E-state index >= 15 is 0 Å². The van der Waals surface area contributed by atoms with E-state index in [-0.39, 0.29) is 17.5 Å². The second-order valence-electron chi connectivity index (χ2n) is 5.71. The average molecular weight is 377 g/mol. The maximum Gasteiger partial charge on any atom is 0.344 e. The Morgan fingerprint density at radius 1 is 1.35 bits per heavy atom. The van der Waals surface area contributed by atoms with Gasteiger partial charge in [-0.3, -0.25) is 14.7 Å². The molecule has 1 aromatic heterocycles. The Balaban J connectivity index is 1.50. The van der Waals surface area contributed by atoms with Crippen molar-refractivity contribution in [2.24, 2.45) is 0 Å². The molecule has 1 aliphatic rings. The largest absolute Gasteiger partial charge is 0.376 e. The van der Waals surface area contributed by atoms with Crippen LogP contribution in [-0.2, 0) is 16.1 Å². The number of carbonyl (C=O) groups is 2. The van der Waals surface area contributed by atoms with Crippen LogP contribution in [0.2, 0.25) is 0 Å². The molecule has 3 N–H and O–H groups in total. The van der Waals surface area contributed by atoms with Crippen molar-refractivity contribution >= 4 is 29.4 Å². The highest BCUT2D eigenvalue weighted by Crippen LogP contribution is 2.17. The molecule has 2 heterocycles. The fourth-order valence-electron chi connectivity index (χ4n) is 2.54. The van der Waals surface area contributed by atoms with Crippen LogP contribution in [0.3, 0.4) is 0 Å². The van der Waals surface area contributed by atoms with Gasteiger partial charge in [0.1, 0.15) is 0 Å². The summed E-state index contributed by atoms with van der Waals surface area (Å²) < 4.78 is 6.98. The number of nitrogens with zero attached hydrogens (tertiary/aromatic N) is 2. The highest BCUT2D eigenvalue weighted by Gasteiger charge is 2.20. The number of ether oxygens (including phenoxy) is 1. The van der Waals surface area contributed by atoms with Gasteiger partial charge in [-0.05, 0) is 25.0 Å². The molecule has 3 amide bonds. The number of hydrogen-bond donors (Lipinski definition) is 3. The van der Waals surface area contributed by atoms with Crippen molar-refractivity contribution in [3.05, 3.63) is 40.8 Å². The summed E-state index contributed by atoms with van der Waals surface area (Å²) in [6.45, 7) is 1.09. The van der Waals surface area contributed by atoms with E-state index in [1.54, 1.807) is 24.3 Å². The van der Waals surface area contributed by atoms with Gasteiger partial charge in [-0.15, -0.1) is 5.10 Å². The zero-order valence-electron chi connectivity index (χ0n) is 13.9. The minimum absolute atomic E-state index is 0.0184. The van der Waals surface area contributed by atoms with Crippen LogP contribution in [0.25, 0.3) is 0 Å². The Morgan fingerprint density at radius 3 is 2.88 bits per heavy atom. The number of hydrogen-bond acceptors (Lipinski definition) is 6. The highest BCUT2D eigenvalue weighted by molar-refractivity contribution is 7.99. The fourth-order valence-corrected chi connectivity index (χ4v) is 3.30. The topological polar surface area (TPSA) is 118 Å². The third kappa shape index (κ3) is 4.96. The minimum Gasteiger partial charge on any atom is -0.376 e. The van der Waals surface area contributed by atoms with Crippen LogP contribution in [0.15, 0.2) is 40.3 Å². The molecular formula is C16H19N5O4S. The molecule has 2 aromatic rings. The van der Waals surface area contributed by atoms with Crippen LogP contribution in [0, 0.1) is 0 Å². The van der Waals surface area contributed by atoms with Gasteiger partial charge in [0.2, 0.25) is 5.91 Å². The number of nitrogens with one attached hydrogen (secondary N) is 3. The van der Waals surface area contributed by atoms with Crippen LogP contribution in [0.4, 0.5) is 10.5 Å². The first-order valence-corrected chi connectivity index (χ1v) is 9.16. The van der Waals surface area contributed by atoms with Crippen molar-refractivity contribution in [2.75, 3.05) is 17.7 Å². The molecule has 26 heavy (non-hydrogen) atoms. The number of thioether (sulfide) groups is 1. The number of urea groups is 1. The number of imide groups is 1. The Hall–Kier alpha value is -2.59. The molecule has 3 rings (SSSR count). The maximum atomic E-state index is 11.9. The van der Waals surface area contributed by atoms with Gasteiger partial charge in [0.25, 0.3) is 0 Å². The third-order valence-electron chi connectivity index (χ3n) is 3.75. The molecular weight excluding hydrogens is 358 g/mol. The molecule has 1 aromatic carbocycles. The van der Waals surface area contributed by atoms with Crippen molar-refractivity contribution in [1.29, 1.82) is 0 Å². The van der Waals surface area contributed by atoms with Crippen LogP contribution in [0.1, 0.15) is 12.8 Å². The van der Waals surface area contributed by atoms with E-state index in [1.165, 1.54) is 4.57 Å². The zero-order valence-corrected chi connectivity index (χ0v) is 14.8. The number of benzene rings is 1. The van der Waals surface area contributed by atoms with Gasteiger partial charge in [0, 0.05) is 12.3 Å². The molecule has 138 valence electrons. The number of para-hydroxylation sites is 1. The van der Waals surface area contributed by atoms with E-state index < -0.39 is 11.9 Å². The van der Waals surface area contributed by atoms with Crippen LogP contribution in [0.5, 0.6) is 0 Å². The molecule has 9 nitrogen and oxygen atoms in total. The maximum absolute atomic E-state index is 11.9. The van der Waals surface area contributed by atoms with E-state index in [1.807, 2.05) is 6.07 Å². The number of rotatable bonds is 6. The number of carbonyl (C=O) groups excluding carboxylic acids is 2. The average Bonchev–Trinajstić information content (AvgIpc) is 3.25. The summed E-state index contributed by atoms with van der Waals surface area (Å²) in [6, 6.07) is 8.19. The Labute approximate surface area is 153 Å². The van der Waals surface area contributed by atoms with Crippen molar-refractivity contribution in [2.45, 2.75) is 30.6 Å². The van der Waals surface area contributed by atoms with Gasteiger partial charge in [0.05, 0.1) is 18.4 Å². The van der Waals surface area contributed by atoms with Gasteiger partial charge in [-0.25, -0.2) is 14.7 Å². The third-order valence-corrected chi connectivity index (χ3v) is 4.73. The summed E-state index contributed by atoms with van der Waals surface area (Å²) in [5.74, 6) is -0.527. The molecule has 0 aliphatic carbocycles. The monoisotopic (exact) mass is 377 g/mol. The van der Waals surface area contributed by atoms with Crippen LogP contribution >= 0.6 is 11.8 Å². The molecule has 0 saturated carbocycles. The molecule has 1 aliphatic heterocycles. The summed E-state index contributed by atoms with van der Waals surface area (Å²) in [6.07, 6.45) is 1.84. The van der Waals surface area contributed by atoms with E-state index in [2.05, 4.69) is 20.8 Å². The zero-order chi connectivity index (χ0) is 18.4. The lowest BCUT2D eigenvalue weighted by Gasteiger charge is -2.11. The summed E-state index contributed by atoms with van der Waals surface area (Å²) in [4.78, 5) is 35.6. The Bertz CT molecular complexity index is 814. The summed E-state index contributed by atoms with van der Waals surface area (Å²) in [5, 5.41) is 11.5. The predicted octanol–water partition coefficient (Wildman–Crippen LogP) is 1.19. The van der Waals surface area contributed by atoms with Crippen molar-refractivity contribution in [3.63, 3.8) is 0 Å². The number of aromatic nitrogens is 3. The standard InChI is InChI=1S/C16H19N5O4S/c22-13(18-14(23)17-11-5-2-1-3-6-11)10-26-16-20-19-15(24)21(16)9-12-7-4-8-25-12/h1-3,5-6,12H,4,7-10H2,(H,19,24)(H2,17,18,22,23)/t12-/m0/s1. The second-order valence-corrected chi connectivity index (χ2v) is 6.66. The fraction of sp³-hybridized carbons (Fsp3) is 0.375. The second kappa shape index (κ2) is 8.68. The summed E-state index contributed by atoms with van der Waals surface area (Å²) in [7, 11) is 0. The summed E-state index contributed by atoms with van der Waals surface area (Å²) in [5.41, 5.74) is 0.244. The Morgan fingerprint density at radius 2 is 2.15 bits per heavy atom. The van der Waals surface area contributed by atoms with Crippen LogP contribution < -0.4 is 16.3 Å². The normalized spacial score (nSPS) is 16.4. The number of anilines is 1. The molecule has 0 radical (unpaired) electrons. The van der Waals surface area contributed by atoms with Gasteiger partial charge >= 0.3 is 11.7 Å². The van der Waals surface area contributed by atoms with E-state index in [4.69, 9.17) is 4.74 Å². The number of H-pyrrole nitrogens is 1. The lowest BCUT2D eigenvalue weighted by Crippen LogP contribution is -2.35. The quantitative estimate of drug-likeness (QED) is 0.651. The van der Waals surface area contributed by atoms with Gasteiger partial charge in [0.15, 0.2) is 5.16 Å². The predicted molar refractivity (Wildman–Crippen MR) is 96.1 cm³/mol. The van der Waals surface area contributed by atoms with Gasteiger partial charge in [-0.1, -0.05) is 30.0 Å². The Kier molecular flexibility index (Phi) is 6.08. The molecule has 1 saturated heterocycles. The van der Waals surface area contributed by atoms with E-state index in [9.17, 15) is 14.4 Å². The van der Waals surface area contributed by atoms with Gasteiger partial charge in [-0.2, -0.15) is 0 Å². The summed E-state index contributed by atoms with van der Waals surface area (Å²) >= 11 is 1.08. The van der Waals surface area contributed by atoms with Crippen LogP contribution in [-0.4, -0.2) is 45.2 Å². The van der Waals surface area contributed by atoms with Crippen molar-refractivity contribution in [1.82, 2.24) is 20.1 Å². The van der Waals surface area contributed by atoms with E-state index in [0.29, 0.717) is 24.0 Å². The SMILES string of the molecule is O=C(CSc1n[nH]c(=O)n1C[C@@H]1CCCO1)NC(=O)Nc1ccccc1. The van der Waals surface area contributed by atoms with Crippen molar-refractivity contribution < 1.29 is 14.3 Å². The van der Waals surface area contributed by atoms with Gasteiger partial charge < -0.3 is 10.1 Å². The molecule has 1 fully saturated rings. The molecule has 0 spiro atoms. The first kappa shape index (κ1) is 18.2. The number of aromatic amines is 1. The lowest BCUT2D eigenvalue weighted by molar-refractivity contribution is -0.117. The molecule has 0 unspecified atom stereocenters. The molecule has 0 bridgehead atoms. The molecule has 1 atom stereocenters. The first-order valence-electron chi connectivity index (χ1n) is 8.17. The highest BCUT2D eigenvalue weighted by atomic mass is 32.2.